The third-order valence-corrected chi connectivity index (χ3v) is 5.64. The highest BCUT2D eigenvalue weighted by Gasteiger charge is 2.44. The van der Waals surface area contributed by atoms with Crippen LogP contribution in [-0.4, -0.2) is 32.7 Å². The average Bonchev–Trinajstić information content (AvgIpc) is 3.08. The first-order valence-corrected chi connectivity index (χ1v) is 9.07. The van der Waals surface area contributed by atoms with Gasteiger partial charge in [0, 0.05) is 28.9 Å². The maximum absolute atomic E-state index is 12.9. The van der Waals surface area contributed by atoms with Gasteiger partial charge in [-0.25, -0.2) is 0 Å². The molecule has 4 rings (SSSR count). The molecule has 120 valence electrons. The number of halogens is 2. The summed E-state index contributed by atoms with van der Waals surface area (Å²) in [5, 5.41) is 5.09. The predicted octanol–water partition coefficient (Wildman–Crippen LogP) is 4.31. The topological polar surface area (TPSA) is 38.1 Å². The van der Waals surface area contributed by atoms with E-state index >= 15 is 0 Å². The molecule has 6 heteroatoms. The molecule has 2 aliphatic heterocycles. The van der Waals surface area contributed by atoms with Crippen molar-refractivity contribution in [3.05, 3.63) is 51.7 Å². The van der Waals surface area contributed by atoms with Gasteiger partial charge in [-0.15, -0.1) is 0 Å². The molecule has 0 spiro atoms. The lowest BCUT2D eigenvalue weighted by Gasteiger charge is -2.39. The first-order valence-electron chi connectivity index (χ1n) is 7.89. The predicted molar refractivity (Wildman–Crippen MR) is 92.6 cm³/mol. The summed E-state index contributed by atoms with van der Waals surface area (Å²) < 4.78 is 3.05. The molecule has 2 unspecified atom stereocenters. The van der Waals surface area contributed by atoms with Crippen molar-refractivity contribution in [2.75, 3.05) is 0 Å². The zero-order valence-electron chi connectivity index (χ0n) is 12.5. The maximum Gasteiger partial charge on any atom is 0.254 e. The van der Waals surface area contributed by atoms with Crippen LogP contribution in [0.2, 0.25) is 5.02 Å². The van der Waals surface area contributed by atoms with Crippen LogP contribution in [0, 0.1) is 0 Å². The molecule has 2 aromatic rings. The Morgan fingerprint density at radius 1 is 1.13 bits per heavy atom. The van der Waals surface area contributed by atoms with Crippen LogP contribution in [-0.2, 0) is 0 Å². The van der Waals surface area contributed by atoms with Crippen molar-refractivity contribution in [1.82, 2.24) is 14.7 Å². The van der Waals surface area contributed by atoms with Gasteiger partial charge in [-0.2, -0.15) is 5.10 Å². The van der Waals surface area contributed by atoms with Crippen LogP contribution in [0.25, 0.3) is 0 Å². The minimum Gasteiger partial charge on any atom is -0.333 e. The number of amides is 1. The minimum absolute atomic E-state index is 0.134. The smallest absolute Gasteiger partial charge is 0.254 e. The summed E-state index contributed by atoms with van der Waals surface area (Å²) in [7, 11) is 0. The highest BCUT2D eigenvalue weighted by molar-refractivity contribution is 9.10. The number of hydrogen-bond acceptors (Lipinski definition) is 2. The molecular weight excluding hydrogens is 378 g/mol. The number of rotatable bonds is 2. The Labute approximate surface area is 148 Å². The molecule has 0 radical (unpaired) electrons. The summed E-state index contributed by atoms with van der Waals surface area (Å²) in [6.45, 7) is 0. The van der Waals surface area contributed by atoms with Crippen LogP contribution in [0.15, 0.2) is 41.1 Å². The van der Waals surface area contributed by atoms with Crippen molar-refractivity contribution < 1.29 is 4.79 Å². The van der Waals surface area contributed by atoms with Crippen molar-refractivity contribution >= 4 is 33.4 Å². The molecule has 0 aliphatic carbocycles. The molecule has 2 bridgehead atoms. The van der Waals surface area contributed by atoms with Gasteiger partial charge in [-0.3, -0.25) is 9.48 Å². The largest absolute Gasteiger partial charge is 0.333 e. The lowest BCUT2D eigenvalue weighted by Crippen LogP contribution is -2.47. The normalized spacial score (nSPS) is 26.5. The molecular formula is C17H17BrClN3O. The van der Waals surface area contributed by atoms with E-state index in [0.717, 1.165) is 35.7 Å². The number of nitrogens with zero attached hydrogens (tertiary/aromatic N) is 3. The second-order valence-electron chi connectivity index (χ2n) is 6.37. The monoisotopic (exact) mass is 393 g/mol. The molecule has 2 fully saturated rings. The van der Waals surface area contributed by atoms with Crippen molar-refractivity contribution in [2.24, 2.45) is 0 Å². The lowest BCUT2D eigenvalue weighted by atomic mass is 9.96. The summed E-state index contributed by atoms with van der Waals surface area (Å²) >= 11 is 9.38. The Hall–Kier alpha value is -1.33. The standard InChI is InChI=1S/C17H17BrClN3O/c18-12-9-20-21(10-12)16-7-14-5-6-15(8-16)22(14)17(23)11-1-3-13(19)4-2-11/h1-4,9-10,14-16H,5-8H2. The van der Waals surface area contributed by atoms with Gasteiger partial charge in [0.2, 0.25) is 0 Å². The third kappa shape index (κ3) is 2.81. The Bertz CT molecular complexity index is 716. The number of benzene rings is 1. The SMILES string of the molecule is O=C(c1ccc(Cl)cc1)N1C2CCC1CC(n1cc(Br)cn1)C2. The van der Waals surface area contributed by atoms with Crippen molar-refractivity contribution in [3.8, 4) is 0 Å². The summed E-state index contributed by atoms with van der Waals surface area (Å²) in [6, 6.07) is 8.21. The highest BCUT2D eigenvalue weighted by Crippen LogP contribution is 2.41. The summed E-state index contributed by atoms with van der Waals surface area (Å²) in [5.74, 6) is 0.134. The Kier molecular flexibility index (Phi) is 3.93. The quantitative estimate of drug-likeness (QED) is 0.761. The van der Waals surface area contributed by atoms with Gasteiger partial charge in [-0.1, -0.05) is 11.6 Å². The molecule has 1 aromatic carbocycles. The molecule has 23 heavy (non-hydrogen) atoms. The van der Waals surface area contributed by atoms with Crippen molar-refractivity contribution in [2.45, 2.75) is 43.8 Å². The lowest BCUT2D eigenvalue weighted by molar-refractivity contribution is 0.0524. The second kappa shape index (κ2) is 5.95. The summed E-state index contributed by atoms with van der Waals surface area (Å²) in [6.07, 6.45) is 7.98. The van der Waals surface area contributed by atoms with Crippen LogP contribution in [0.4, 0.5) is 0 Å². The van der Waals surface area contributed by atoms with E-state index < -0.39 is 0 Å². The van der Waals surface area contributed by atoms with E-state index in [4.69, 9.17) is 11.6 Å². The van der Waals surface area contributed by atoms with Gasteiger partial charge in [0.15, 0.2) is 0 Å². The zero-order chi connectivity index (χ0) is 16.0. The van der Waals surface area contributed by atoms with Crippen LogP contribution in [0.5, 0.6) is 0 Å². The fraction of sp³-hybridized carbons (Fsp3) is 0.412. The Morgan fingerprint density at radius 3 is 2.35 bits per heavy atom. The fourth-order valence-corrected chi connectivity index (χ4v) is 4.38. The molecule has 4 nitrogen and oxygen atoms in total. The van der Waals surface area contributed by atoms with E-state index in [2.05, 4.69) is 25.9 Å². The van der Waals surface area contributed by atoms with Gasteiger partial charge in [-0.05, 0) is 65.9 Å². The van der Waals surface area contributed by atoms with Gasteiger partial charge in [0.1, 0.15) is 0 Å². The molecule has 3 heterocycles. The summed E-state index contributed by atoms with van der Waals surface area (Å²) in [5.41, 5.74) is 0.728. The molecule has 1 amide bonds. The van der Waals surface area contributed by atoms with Crippen LogP contribution in [0.1, 0.15) is 42.1 Å². The first kappa shape index (κ1) is 15.2. The molecule has 2 atom stereocenters. The molecule has 2 saturated heterocycles. The van der Waals surface area contributed by atoms with E-state index in [1.54, 1.807) is 12.1 Å². The van der Waals surface area contributed by atoms with E-state index in [9.17, 15) is 4.79 Å². The molecule has 0 saturated carbocycles. The molecule has 0 N–H and O–H groups in total. The Morgan fingerprint density at radius 2 is 1.78 bits per heavy atom. The summed E-state index contributed by atoms with van der Waals surface area (Å²) in [4.78, 5) is 15.0. The number of piperidine rings is 1. The van der Waals surface area contributed by atoms with Crippen molar-refractivity contribution in [3.63, 3.8) is 0 Å². The third-order valence-electron chi connectivity index (χ3n) is 4.98. The maximum atomic E-state index is 12.9. The van der Waals surface area contributed by atoms with Crippen LogP contribution in [0.3, 0.4) is 0 Å². The van der Waals surface area contributed by atoms with Crippen LogP contribution >= 0.6 is 27.5 Å². The van der Waals surface area contributed by atoms with E-state index in [0.29, 0.717) is 23.1 Å². The minimum atomic E-state index is 0.134. The number of hydrogen-bond donors (Lipinski definition) is 0. The van der Waals surface area contributed by atoms with Crippen molar-refractivity contribution in [1.29, 1.82) is 0 Å². The van der Waals surface area contributed by atoms with E-state index in [1.165, 1.54) is 0 Å². The number of carbonyl (C=O) groups is 1. The van der Waals surface area contributed by atoms with Gasteiger partial charge in [0.25, 0.3) is 5.91 Å². The second-order valence-corrected chi connectivity index (χ2v) is 7.72. The number of carbonyl (C=O) groups excluding carboxylic acids is 1. The number of aromatic nitrogens is 2. The number of fused-ring (bicyclic) bond motifs is 2. The molecule has 1 aromatic heterocycles. The highest BCUT2D eigenvalue weighted by atomic mass is 79.9. The first-order chi connectivity index (χ1) is 11.1. The zero-order valence-corrected chi connectivity index (χ0v) is 14.9. The van der Waals surface area contributed by atoms with Gasteiger partial charge >= 0.3 is 0 Å². The van der Waals surface area contributed by atoms with Crippen LogP contribution < -0.4 is 0 Å². The van der Waals surface area contributed by atoms with E-state index in [-0.39, 0.29) is 5.91 Å². The average molecular weight is 395 g/mol. The fourth-order valence-electron chi connectivity index (χ4n) is 3.95. The van der Waals surface area contributed by atoms with Gasteiger partial charge in [0.05, 0.1) is 16.7 Å². The van der Waals surface area contributed by atoms with E-state index in [1.807, 2.05) is 29.2 Å². The molecule has 2 aliphatic rings. The van der Waals surface area contributed by atoms with Gasteiger partial charge < -0.3 is 4.90 Å². The Balaban J connectivity index is 1.54.